The van der Waals surface area contributed by atoms with Gasteiger partial charge in [-0.2, -0.15) is 0 Å². The number of rotatable bonds is 4. The van der Waals surface area contributed by atoms with E-state index in [9.17, 15) is 0 Å². The van der Waals surface area contributed by atoms with Crippen molar-refractivity contribution in [3.63, 3.8) is 0 Å². The molecule has 6 heteroatoms. The summed E-state index contributed by atoms with van der Waals surface area (Å²) in [4.78, 5) is 0. The molecule has 24 heavy (non-hydrogen) atoms. The number of benzene rings is 2. The summed E-state index contributed by atoms with van der Waals surface area (Å²) in [5.41, 5.74) is 2.48. The second-order valence-corrected chi connectivity index (χ2v) is 5.17. The Morgan fingerprint density at radius 1 is 0.583 bits per heavy atom. The van der Waals surface area contributed by atoms with Crippen molar-refractivity contribution in [1.29, 1.82) is 0 Å². The summed E-state index contributed by atoms with van der Waals surface area (Å²) in [6, 6.07) is 20.4. The lowest BCUT2D eigenvalue weighted by Gasteiger charge is -1.98. The van der Waals surface area contributed by atoms with Gasteiger partial charge in [0, 0.05) is 12.4 Å². The zero-order valence-electron chi connectivity index (χ0n) is 13.2. The molecule has 0 aliphatic rings. The van der Waals surface area contributed by atoms with E-state index in [1.165, 1.54) is 11.1 Å². The van der Waals surface area contributed by atoms with Gasteiger partial charge in [0.05, 0.1) is 25.5 Å². The molecule has 2 aromatic heterocycles. The highest BCUT2D eigenvalue weighted by Gasteiger charge is 1.93. The molecular weight excluding hydrogens is 300 g/mol. The number of hydrogen-bond donors (Lipinski definition) is 0. The third kappa shape index (κ3) is 4.88. The monoisotopic (exact) mass is 318 g/mol. The fourth-order valence-corrected chi connectivity index (χ4v) is 2.18. The maximum atomic E-state index is 3.88. The Bertz CT molecular complexity index is 724. The van der Waals surface area contributed by atoms with Crippen molar-refractivity contribution in [2.24, 2.45) is 0 Å². The normalized spacial score (nSPS) is 10.0. The summed E-state index contributed by atoms with van der Waals surface area (Å²) < 4.78 is 3.60. The molecule has 0 fully saturated rings. The first-order valence-corrected chi connectivity index (χ1v) is 7.66. The van der Waals surface area contributed by atoms with Gasteiger partial charge >= 0.3 is 0 Å². The van der Waals surface area contributed by atoms with Gasteiger partial charge < -0.3 is 0 Å². The number of hydrogen-bond acceptors (Lipinski definition) is 4. The van der Waals surface area contributed by atoms with Crippen molar-refractivity contribution < 1.29 is 0 Å². The van der Waals surface area contributed by atoms with E-state index < -0.39 is 0 Å². The van der Waals surface area contributed by atoms with Gasteiger partial charge in [0.2, 0.25) is 0 Å². The Hall–Kier alpha value is -3.28. The first kappa shape index (κ1) is 15.6. The molecule has 2 heterocycles. The van der Waals surface area contributed by atoms with Crippen LogP contribution in [0.5, 0.6) is 0 Å². The number of aromatic nitrogens is 6. The maximum absolute atomic E-state index is 3.88. The molecule has 0 unspecified atom stereocenters. The van der Waals surface area contributed by atoms with E-state index in [2.05, 4.69) is 44.9 Å². The minimum atomic E-state index is 0.792. The smallest absolute Gasteiger partial charge is 0.0693 e. The van der Waals surface area contributed by atoms with Gasteiger partial charge in [0.25, 0.3) is 0 Å². The van der Waals surface area contributed by atoms with Crippen LogP contribution in [-0.2, 0) is 13.1 Å². The predicted octanol–water partition coefficient (Wildman–Crippen LogP) is 2.65. The summed E-state index contributed by atoms with van der Waals surface area (Å²) in [5, 5.41) is 15.2. The Morgan fingerprint density at radius 2 is 1.00 bits per heavy atom. The van der Waals surface area contributed by atoms with E-state index in [4.69, 9.17) is 0 Å². The van der Waals surface area contributed by atoms with Gasteiger partial charge in [-0.05, 0) is 11.1 Å². The molecule has 0 radical (unpaired) electrons. The second kappa shape index (κ2) is 8.38. The van der Waals surface area contributed by atoms with E-state index in [1.54, 1.807) is 21.8 Å². The average molecular weight is 318 g/mol. The molecule has 0 saturated heterocycles. The average Bonchev–Trinajstić information content (AvgIpc) is 3.32. The molecule has 120 valence electrons. The molecule has 0 aliphatic carbocycles. The van der Waals surface area contributed by atoms with Crippen LogP contribution in [0.25, 0.3) is 0 Å². The van der Waals surface area contributed by atoms with Crippen LogP contribution in [-0.4, -0.2) is 30.0 Å². The van der Waals surface area contributed by atoms with Crippen molar-refractivity contribution >= 4 is 0 Å². The van der Waals surface area contributed by atoms with Gasteiger partial charge in [-0.15, -0.1) is 10.2 Å². The lowest BCUT2D eigenvalue weighted by Crippen LogP contribution is -1.99. The summed E-state index contributed by atoms with van der Waals surface area (Å²) in [6.07, 6.45) is 7.08. The lowest BCUT2D eigenvalue weighted by molar-refractivity contribution is 0.649. The lowest BCUT2D eigenvalue weighted by atomic mass is 10.2. The molecule has 4 aromatic rings. The van der Waals surface area contributed by atoms with Crippen LogP contribution in [0.3, 0.4) is 0 Å². The topological polar surface area (TPSA) is 61.4 Å². The SMILES string of the molecule is c1ccc(Cn2ccnn2)cc1.c1ccc(Cn2ccnn2)cc1. The molecule has 0 amide bonds. The summed E-state index contributed by atoms with van der Waals surface area (Å²) in [5.74, 6) is 0. The van der Waals surface area contributed by atoms with E-state index in [0.29, 0.717) is 0 Å². The highest BCUT2D eigenvalue weighted by Crippen LogP contribution is 2.00. The van der Waals surface area contributed by atoms with E-state index in [-0.39, 0.29) is 0 Å². The van der Waals surface area contributed by atoms with Crippen LogP contribution in [0.2, 0.25) is 0 Å². The van der Waals surface area contributed by atoms with E-state index in [0.717, 1.165) is 13.1 Å². The van der Waals surface area contributed by atoms with E-state index in [1.807, 2.05) is 48.8 Å². The zero-order chi connectivity index (χ0) is 16.5. The van der Waals surface area contributed by atoms with Gasteiger partial charge in [-0.1, -0.05) is 71.1 Å². The Balaban J connectivity index is 0.000000141. The summed E-state index contributed by atoms with van der Waals surface area (Å²) in [7, 11) is 0. The fourth-order valence-electron chi connectivity index (χ4n) is 2.18. The van der Waals surface area contributed by atoms with Crippen molar-refractivity contribution in [3.05, 3.63) is 96.6 Å². The molecule has 0 N–H and O–H groups in total. The third-order valence-electron chi connectivity index (χ3n) is 3.32. The second-order valence-electron chi connectivity index (χ2n) is 5.17. The van der Waals surface area contributed by atoms with Gasteiger partial charge in [-0.3, -0.25) is 0 Å². The highest BCUT2D eigenvalue weighted by molar-refractivity contribution is 5.15. The molecule has 0 saturated carbocycles. The first-order chi connectivity index (χ1) is 11.9. The largest absolute Gasteiger partial charge is 0.248 e. The van der Waals surface area contributed by atoms with Gasteiger partial charge in [0.15, 0.2) is 0 Å². The van der Waals surface area contributed by atoms with Crippen LogP contribution in [0.4, 0.5) is 0 Å². The molecule has 0 bridgehead atoms. The third-order valence-corrected chi connectivity index (χ3v) is 3.32. The van der Waals surface area contributed by atoms with E-state index >= 15 is 0 Å². The molecular formula is C18H18N6. The standard InChI is InChI=1S/2C9H9N3/c2*1-2-4-9(5-3-1)8-12-7-6-10-11-12/h2*1-7H,8H2. The van der Waals surface area contributed by atoms with Crippen LogP contribution in [0.15, 0.2) is 85.5 Å². The summed E-state index contributed by atoms with van der Waals surface area (Å²) >= 11 is 0. The fraction of sp³-hybridized carbons (Fsp3) is 0.111. The molecule has 4 rings (SSSR count). The van der Waals surface area contributed by atoms with Gasteiger partial charge in [0.1, 0.15) is 0 Å². The Morgan fingerprint density at radius 3 is 1.33 bits per heavy atom. The molecule has 6 nitrogen and oxygen atoms in total. The highest BCUT2D eigenvalue weighted by atomic mass is 15.4. The van der Waals surface area contributed by atoms with Crippen molar-refractivity contribution in [3.8, 4) is 0 Å². The van der Waals surface area contributed by atoms with Crippen molar-refractivity contribution in [1.82, 2.24) is 30.0 Å². The zero-order valence-corrected chi connectivity index (χ0v) is 13.2. The predicted molar refractivity (Wildman–Crippen MR) is 91.1 cm³/mol. The summed E-state index contributed by atoms with van der Waals surface area (Å²) in [6.45, 7) is 1.58. The first-order valence-electron chi connectivity index (χ1n) is 7.66. The van der Waals surface area contributed by atoms with Crippen molar-refractivity contribution in [2.45, 2.75) is 13.1 Å². The van der Waals surface area contributed by atoms with Crippen LogP contribution < -0.4 is 0 Å². The number of nitrogens with zero attached hydrogens (tertiary/aromatic N) is 6. The van der Waals surface area contributed by atoms with Gasteiger partial charge in [-0.25, -0.2) is 9.36 Å². The molecule has 0 spiro atoms. The molecule has 0 atom stereocenters. The van der Waals surface area contributed by atoms with Crippen LogP contribution in [0, 0.1) is 0 Å². The maximum Gasteiger partial charge on any atom is 0.0693 e. The molecule has 2 aromatic carbocycles. The van der Waals surface area contributed by atoms with Crippen molar-refractivity contribution in [2.75, 3.05) is 0 Å². The van der Waals surface area contributed by atoms with Crippen LogP contribution in [0.1, 0.15) is 11.1 Å². The quantitative estimate of drug-likeness (QED) is 0.580. The minimum absolute atomic E-state index is 0.792. The Kier molecular flexibility index (Phi) is 5.45. The van der Waals surface area contributed by atoms with Crippen LogP contribution >= 0.6 is 0 Å². The Labute approximate surface area is 140 Å². The molecule has 0 aliphatic heterocycles. The minimum Gasteiger partial charge on any atom is -0.248 e.